The van der Waals surface area contributed by atoms with E-state index >= 15 is 0 Å². The van der Waals surface area contributed by atoms with Gasteiger partial charge in [-0.3, -0.25) is 0 Å². The molecule has 0 N–H and O–H groups in total. The van der Waals surface area contributed by atoms with Gasteiger partial charge in [-0.25, -0.2) is 9.97 Å². The maximum Gasteiger partial charge on any atom is 0.160 e. The lowest BCUT2D eigenvalue weighted by atomic mass is 10.1. The predicted octanol–water partition coefficient (Wildman–Crippen LogP) is 9.79. The van der Waals surface area contributed by atoms with Crippen LogP contribution in [-0.4, -0.2) is 14.5 Å². The van der Waals surface area contributed by atoms with Crippen LogP contribution in [0.4, 0.5) is 0 Å². The third kappa shape index (κ3) is 3.81. The molecular formula is C36H23N3S. The first kappa shape index (κ1) is 22.9. The zero-order chi connectivity index (χ0) is 26.5. The Kier molecular flexibility index (Phi) is 5.32. The normalized spacial score (nSPS) is 11.5. The molecular weight excluding hydrogens is 506 g/mol. The van der Waals surface area contributed by atoms with Gasteiger partial charge in [0, 0.05) is 32.3 Å². The molecule has 0 radical (unpaired) electrons. The fourth-order valence-corrected chi connectivity index (χ4v) is 6.58. The topological polar surface area (TPSA) is 30.7 Å². The molecule has 8 aromatic rings. The van der Waals surface area contributed by atoms with Crippen molar-refractivity contribution >= 4 is 43.2 Å². The quantitative estimate of drug-likeness (QED) is 0.227. The molecule has 0 aliphatic heterocycles. The van der Waals surface area contributed by atoms with E-state index in [2.05, 4.69) is 138 Å². The molecule has 5 aromatic carbocycles. The van der Waals surface area contributed by atoms with Gasteiger partial charge in [0.2, 0.25) is 0 Å². The number of benzene rings is 5. The van der Waals surface area contributed by atoms with Gasteiger partial charge in [0.1, 0.15) is 0 Å². The van der Waals surface area contributed by atoms with E-state index in [1.807, 2.05) is 6.07 Å². The highest BCUT2D eigenvalue weighted by molar-refractivity contribution is 7.22. The number of fused-ring (bicyclic) bond motifs is 4. The van der Waals surface area contributed by atoms with Crippen LogP contribution in [0, 0.1) is 0 Å². The van der Waals surface area contributed by atoms with Gasteiger partial charge in [0.05, 0.1) is 27.3 Å². The molecule has 4 heteroatoms. The zero-order valence-electron chi connectivity index (χ0n) is 21.5. The molecule has 0 aliphatic carbocycles. The van der Waals surface area contributed by atoms with Crippen LogP contribution >= 0.6 is 11.3 Å². The van der Waals surface area contributed by atoms with Crippen molar-refractivity contribution in [3.63, 3.8) is 0 Å². The van der Waals surface area contributed by atoms with Crippen LogP contribution in [0.5, 0.6) is 0 Å². The fraction of sp³-hybridized carbons (Fsp3) is 0. The summed E-state index contributed by atoms with van der Waals surface area (Å²) in [6.07, 6.45) is 0. The number of rotatable bonds is 4. The van der Waals surface area contributed by atoms with E-state index in [0.29, 0.717) is 0 Å². The van der Waals surface area contributed by atoms with Gasteiger partial charge in [-0.05, 0) is 47.9 Å². The second-order valence-electron chi connectivity index (χ2n) is 9.90. The fourth-order valence-electron chi connectivity index (χ4n) is 5.55. The van der Waals surface area contributed by atoms with Gasteiger partial charge < -0.3 is 4.57 Å². The molecule has 0 amide bonds. The van der Waals surface area contributed by atoms with Crippen LogP contribution in [-0.2, 0) is 0 Å². The van der Waals surface area contributed by atoms with Crippen LogP contribution < -0.4 is 0 Å². The van der Waals surface area contributed by atoms with Crippen LogP contribution in [0.3, 0.4) is 0 Å². The summed E-state index contributed by atoms with van der Waals surface area (Å²) in [5, 5.41) is 3.73. The first-order chi connectivity index (χ1) is 19.8. The lowest BCUT2D eigenvalue weighted by molar-refractivity contribution is 1.16. The molecule has 0 saturated heterocycles. The average molecular weight is 530 g/mol. The largest absolute Gasteiger partial charge is 0.309 e. The van der Waals surface area contributed by atoms with Crippen molar-refractivity contribution in [2.24, 2.45) is 0 Å². The SMILES string of the molecule is c1ccc(-c2cc(-c3cc4ccccc4s3)nc(-c3cccc(-n4c5ccccc5c5ccccc54)c3)n2)cc1. The second kappa shape index (κ2) is 9.30. The maximum atomic E-state index is 5.13. The summed E-state index contributed by atoms with van der Waals surface area (Å²) >= 11 is 1.77. The number of hydrogen-bond donors (Lipinski definition) is 0. The summed E-state index contributed by atoms with van der Waals surface area (Å²) < 4.78 is 3.59. The third-order valence-electron chi connectivity index (χ3n) is 7.42. The minimum atomic E-state index is 0.719. The Hall–Kier alpha value is -5.06. The Bertz CT molecular complexity index is 2090. The first-order valence-electron chi connectivity index (χ1n) is 13.3. The predicted molar refractivity (Wildman–Crippen MR) is 168 cm³/mol. The number of aromatic nitrogens is 3. The van der Waals surface area contributed by atoms with Gasteiger partial charge >= 0.3 is 0 Å². The highest BCUT2D eigenvalue weighted by Gasteiger charge is 2.15. The zero-order valence-corrected chi connectivity index (χ0v) is 22.3. The Morgan fingerprint density at radius 1 is 0.500 bits per heavy atom. The van der Waals surface area contributed by atoms with Crippen molar-refractivity contribution in [3.05, 3.63) is 140 Å². The molecule has 0 bridgehead atoms. The van der Waals surface area contributed by atoms with E-state index in [0.717, 1.165) is 38.9 Å². The summed E-state index contributed by atoms with van der Waals surface area (Å²) in [7, 11) is 0. The van der Waals surface area contributed by atoms with Crippen LogP contribution in [0.2, 0.25) is 0 Å². The van der Waals surface area contributed by atoms with E-state index < -0.39 is 0 Å². The number of nitrogens with zero attached hydrogens (tertiary/aromatic N) is 3. The lowest BCUT2D eigenvalue weighted by Gasteiger charge is -2.11. The Morgan fingerprint density at radius 3 is 1.93 bits per heavy atom. The van der Waals surface area contributed by atoms with Crippen LogP contribution in [0.25, 0.3) is 70.8 Å². The lowest BCUT2D eigenvalue weighted by Crippen LogP contribution is -1.97. The molecule has 188 valence electrons. The minimum absolute atomic E-state index is 0.719. The van der Waals surface area contributed by atoms with Crippen LogP contribution in [0.15, 0.2) is 140 Å². The monoisotopic (exact) mass is 529 g/mol. The van der Waals surface area contributed by atoms with Gasteiger partial charge in [-0.1, -0.05) is 97.1 Å². The van der Waals surface area contributed by atoms with Crippen molar-refractivity contribution in [1.82, 2.24) is 14.5 Å². The molecule has 3 nitrogen and oxygen atoms in total. The van der Waals surface area contributed by atoms with Gasteiger partial charge in [-0.2, -0.15) is 0 Å². The number of hydrogen-bond acceptors (Lipinski definition) is 3. The molecule has 0 atom stereocenters. The Balaban J connectivity index is 1.33. The number of para-hydroxylation sites is 2. The molecule has 0 spiro atoms. The third-order valence-corrected chi connectivity index (χ3v) is 8.55. The molecule has 40 heavy (non-hydrogen) atoms. The molecule has 0 saturated carbocycles. The van der Waals surface area contributed by atoms with Crippen molar-refractivity contribution in [2.45, 2.75) is 0 Å². The van der Waals surface area contributed by atoms with E-state index in [-0.39, 0.29) is 0 Å². The van der Waals surface area contributed by atoms with E-state index in [9.17, 15) is 0 Å². The van der Waals surface area contributed by atoms with E-state index in [1.54, 1.807) is 11.3 Å². The first-order valence-corrected chi connectivity index (χ1v) is 14.2. The average Bonchev–Trinajstić information content (AvgIpc) is 3.61. The summed E-state index contributed by atoms with van der Waals surface area (Å²) in [6, 6.07) is 49.0. The summed E-state index contributed by atoms with van der Waals surface area (Å²) in [5.41, 5.74) is 7.38. The second-order valence-corrected chi connectivity index (χ2v) is 11.0. The molecule has 3 aromatic heterocycles. The molecule has 0 unspecified atom stereocenters. The van der Waals surface area contributed by atoms with Crippen molar-refractivity contribution < 1.29 is 0 Å². The molecule has 0 fully saturated rings. The molecule has 3 heterocycles. The van der Waals surface area contributed by atoms with Crippen LogP contribution in [0.1, 0.15) is 0 Å². The van der Waals surface area contributed by atoms with Gasteiger partial charge in [-0.15, -0.1) is 11.3 Å². The standard InChI is InChI=1S/C36H23N3S/c1-2-11-24(12-3-1)30-23-31(35-22-25-13-4-9-20-34(25)40-35)38-36(37-30)26-14-10-15-27(21-26)39-32-18-7-5-16-28(32)29-17-6-8-19-33(29)39/h1-23H. The van der Waals surface area contributed by atoms with Crippen molar-refractivity contribution in [1.29, 1.82) is 0 Å². The van der Waals surface area contributed by atoms with Crippen molar-refractivity contribution in [2.75, 3.05) is 0 Å². The van der Waals surface area contributed by atoms with Gasteiger partial charge in [0.25, 0.3) is 0 Å². The highest BCUT2D eigenvalue weighted by Crippen LogP contribution is 2.36. The summed E-state index contributed by atoms with van der Waals surface area (Å²) in [4.78, 5) is 11.4. The molecule has 8 rings (SSSR count). The Labute approximate surface area is 235 Å². The highest BCUT2D eigenvalue weighted by atomic mass is 32.1. The smallest absolute Gasteiger partial charge is 0.160 e. The maximum absolute atomic E-state index is 5.13. The number of thiophene rings is 1. The van der Waals surface area contributed by atoms with Gasteiger partial charge in [0.15, 0.2) is 5.82 Å². The van der Waals surface area contributed by atoms with Crippen molar-refractivity contribution in [3.8, 4) is 38.9 Å². The van der Waals surface area contributed by atoms with E-state index in [1.165, 1.54) is 31.9 Å². The summed E-state index contributed by atoms with van der Waals surface area (Å²) in [5.74, 6) is 0.719. The van der Waals surface area contributed by atoms with E-state index in [4.69, 9.17) is 9.97 Å². The molecule has 0 aliphatic rings. The Morgan fingerprint density at radius 2 is 1.15 bits per heavy atom. The minimum Gasteiger partial charge on any atom is -0.309 e. The summed E-state index contributed by atoms with van der Waals surface area (Å²) in [6.45, 7) is 0.